The predicted molar refractivity (Wildman–Crippen MR) is 155 cm³/mol. The third kappa shape index (κ3) is 4.92. The topological polar surface area (TPSA) is 45.2 Å². The summed E-state index contributed by atoms with van der Waals surface area (Å²) >= 11 is 0. The molecule has 190 valence electrons. The highest BCUT2D eigenvalue weighted by molar-refractivity contribution is 5.95. The fraction of sp³-hybridized carbons (Fsp3) is 0.235. The number of para-hydroxylation sites is 1. The number of amides is 1. The lowest BCUT2D eigenvalue weighted by atomic mass is 9.89. The Hall–Kier alpha value is -4.02. The fourth-order valence-corrected chi connectivity index (χ4v) is 5.95. The number of fused-ring (bicyclic) bond motifs is 2. The van der Waals surface area contributed by atoms with Crippen molar-refractivity contribution in [2.24, 2.45) is 0 Å². The minimum Gasteiger partial charge on any atom is -0.331 e. The summed E-state index contributed by atoms with van der Waals surface area (Å²) in [5.41, 5.74) is 6.50. The van der Waals surface area contributed by atoms with Gasteiger partial charge in [0, 0.05) is 36.3 Å². The minimum atomic E-state index is 0.00774. The second-order valence-electron chi connectivity index (χ2n) is 10.6. The van der Waals surface area contributed by atoms with Gasteiger partial charge in [0.2, 0.25) is 0 Å². The largest absolute Gasteiger partial charge is 0.331 e. The van der Waals surface area contributed by atoms with Gasteiger partial charge in [0.25, 0.3) is 5.91 Å². The van der Waals surface area contributed by atoms with Crippen molar-refractivity contribution in [2.45, 2.75) is 45.3 Å². The number of benzene rings is 4. The minimum absolute atomic E-state index is 0.00774. The number of pyridine rings is 1. The van der Waals surface area contributed by atoms with E-state index in [1.165, 1.54) is 27.3 Å². The van der Waals surface area contributed by atoms with Crippen LogP contribution in [0.2, 0.25) is 0 Å². The van der Waals surface area contributed by atoms with Crippen molar-refractivity contribution in [3.63, 3.8) is 0 Å². The summed E-state index contributed by atoms with van der Waals surface area (Å²) in [5.74, 6) is 0.119. The van der Waals surface area contributed by atoms with Crippen LogP contribution in [0.1, 0.15) is 51.5 Å². The van der Waals surface area contributed by atoms with Crippen LogP contribution in [-0.2, 0) is 6.54 Å². The lowest BCUT2D eigenvalue weighted by molar-refractivity contribution is 0.0574. The normalized spacial score (nSPS) is 17.7. The van der Waals surface area contributed by atoms with Crippen molar-refractivity contribution < 1.29 is 4.79 Å². The molecule has 1 N–H and O–H groups in total. The highest BCUT2D eigenvalue weighted by Crippen LogP contribution is 2.34. The first-order valence-electron chi connectivity index (χ1n) is 13.5. The van der Waals surface area contributed by atoms with Crippen molar-refractivity contribution in [1.29, 1.82) is 0 Å². The molecule has 2 unspecified atom stereocenters. The van der Waals surface area contributed by atoms with E-state index in [2.05, 4.69) is 102 Å². The number of rotatable bonds is 5. The Kier molecular flexibility index (Phi) is 6.65. The van der Waals surface area contributed by atoms with Crippen molar-refractivity contribution in [3.8, 4) is 0 Å². The molecule has 0 saturated carbocycles. The van der Waals surface area contributed by atoms with E-state index in [4.69, 9.17) is 0 Å². The average molecular weight is 500 g/mol. The molecule has 38 heavy (non-hydrogen) atoms. The number of carbonyl (C=O) groups is 1. The summed E-state index contributed by atoms with van der Waals surface area (Å²) in [5, 5.41) is 7.44. The zero-order valence-electron chi connectivity index (χ0n) is 22.0. The van der Waals surface area contributed by atoms with Crippen molar-refractivity contribution in [3.05, 3.63) is 125 Å². The van der Waals surface area contributed by atoms with Crippen LogP contribution in [0.25, 0.3) is 21.7 Å². The summed E-state index contributed by atoms with van der Waals surface area (Å²) in [6.45, 7) is 5.62. The van der Waals surface area contributed by atoms with Crippen LogP contribution in [-0.4, -0.2) is 28.4 Å². The first-order chi connectivity index (χ1) is 18.5. The first-order valence-corrected chi connectivity index (χ1v) is 13.5. The Bertz CT molecular complexity index is 1600. The molecule has 6 rings (SSSR count). The zero-order chi connectivity index (χ0) is 26.1. The van der Waals surface area contributed by atoms with Gasteiger partial charge in [-0.3, -0.25) is 9.78 Å². The second kappa shape index (κ2) is 10.4. The number of hydrogen-bond acceptors (Lipinski definition) is 3. The standard InChI is InChI=1S/C34H33N3O/c1-23-17-24(2)19-29(18-23)34(38)37-16-14-30(36-22-28-13-15-35-32-10-6-5-9-31(28)32)21-33(37)27-12-11-25-7-3-4-8-26(25)20-27/h3-13,15,17-20,30,33,36H,14,16,21-22H2,1-2H3. The number of nitrogens with zero attached hydrogens (tertiary/aromatic N) is 2. The first kappa shape index (κ1) is 24.3. The Morgan fingerprint density at radius 1 is 0.895 bits per heavy atom. The van der Waals surface area contributed by atoms with Gasteiger partial charge in [-0.25, -0.2) is 0 Å². The third-order valence-corrected chi connectivity index (χ3v) is 7.81. The number of piperidine rings is 1. The Balaban J connectivity index is 1.29. The van der Waals surface area contributed by atoms with Gasteiger partial charge in [0.15, 0.2) is 0 Å². The van der Waals surface area contributed by atoms with Crippen LogP contribution in [0, 0.1) is 13.8 Å². The van der Waals surface area contributed by atoms with Gasteiger partial charge in [-0.15, -0.1) is 0 Å². The molecule has 5 aromatic rings. The molecule has 1 saturated heterocycles. The van der Waals surface area contributed by atoms with Crippen LogP contribution in [0.3, 0.4) is 0 Å². The Labute approximate surface area is 224 Å². The number of nitrogens with one attached hydrogen (secondary N) is 1. The van der Waals surface area contributed by atoms with Crippen LogP contribution in [0.4, 0.5) is 0 Å². The van der Waals surface area contributed by atoms with Crippen molar-refractivity contribution >= 4 is 27.6 Å². The number of aromatic nitrogens is 1. The molecule has 1 aromatic heterocycles. The van der Waals surface area contributed by atoms with E-state index in [0.29, 0.717) is 6.04 Å². The molecule has 0 spiro atoms. The maximum atomic E-state index is 13.9. The van der Waals surface area contributed by atoms with Gasteiger partial charge >= 0.3 is 0 Å². The summed E-state index contributed by atoms with van der Waals surface area (Å²) < 4.78 is 0. The van der Waals surface area contributed by atoms with E-state index in [0.717, 1.165) is 48.1 Å². The Morgan fingerprint density at radius 2 is 1.66 bits per heavy atom. The molecule has 4 heteroatoms. The molecule has 1 amide bonds. The Morgan fingerprint density at radius 3 is 2.50 bits per heavy atom. The quantitative estimate of drug-likeness (QED) is 0.280. The number of carbonyl (C=O) groups excluding carboxylic acids is 1. The van der Waals surface area contributed by atoms with E-state index in [9.17, 15) is 4.79 Å². The van der Waals surface area contributed by atoms with Gasteiger partial charge in [-0.1, -0.05) is 71.8 Å². The number of aryl methyl sites for hydroxylation is 2. The van der Waals surface area contributed by atoms with E-state index in [1.54, 1.807) is 0 Å². The molecule has 0 aliphatic carbocycles. The number of likely N-dealkylation sites (tertiary alicyclic amines) is 1. The highest BCUT2D eigenvalue weighted by Gasteiger charge is 2.33. The monoisotopic (exact) mass is 499 g/mol. The van der Waals surface area contributed by atoms with Crippen LogP contribution < -0.4 is 5.32 Å². The molecular formula is C34H33N3O. The van der Waals surface area contributed by atoms with Crippen LogP contribution in [0.15, 0.2) is 97.2 Å². The molecule has 4 aromatic carbocycles. The molecule has 0 bridgehead atoms. The van der Waals surface area contributed by atoms with E-state index < -0.39 is 0 Å². The van der Waals surface area contributed by atoms with Gasteiger partial charge in [-0.2, -0.15) is 0 Å². The summed E-state index contributed by atoms with van der Waals surface area (Å²) in [6, 6.07) is 32.0. The molecule has 1 aliphatic rings. The van der Waals surface area contributed by atoms with Gasteiger partial charge < -0.3 is 10.2 Å². The fourth-order valence-electron chi connectivity index (χ4n) is 5.95. The zero-order valence-corrected chi connectivity index (χ0v) is 22.0. The maximum Gasteiger partial charge on any atom is 0.254 e. The molecule has 4 nitrogen and oxygen atoms in total. The predicted octanol–water partition coefficient (Wildman–Crippen LogP) is 7.14. The molecule has 2 heterocycles. The second-order valence-corrected chi connectivity index (χ2v) is 10.6. The molecule has 0 radical (unpaired) electrons. The maximum absolute atomic E-state index is 13.9. The molecule has 2 atom stereocenters. The van der Waals surface area contributed by atoms with E-state index in [1.807, 2.05) is 24.4 Å². The highest BCUT2D eigenvalue weighted by atomic mass is 16.2. The van der Waals surface area contributed by atoms with Crippen molar-refractivity contribution in [2.75, 3.05) is 6.54 Å². The summed E-state index contributed by atoms with van der Waals surface area (Å²) in [7, 11) is 0. The SMILES string of the molecule is Cc1cc(C)cc(C(=O)N2CCC(NCc3ccnc4ccccc34)CC2c2ccc3ccccc3c2)c1. The summed E-state index contributed by atoms with van der Waals surface area (Å²) in [4.78, 5) is 20.5. The lowest BCUT2D eigenvalue weighted by Crippen LogP contribution is -2.46. The van der Waals surface area contributed by atoms with E-state index in [-0.39, 0.29) is 11.9 Å². The average Bonchev–Trinajstić information content (AvgIpc) is 2.95. The van der Waals surface area contributed by atoms with Gasteiger partial charge in [-0.05, 0) is 78.9 Å². The van der Waals surface area contributed by atoms with Crippen LogP contribution >= 0.6 is 0 Å². The smallest absolute Gasteiger partial charge is 0.254 e. The lowest BCUT2D eigenvalue weighted by Gasteiger charge is -2.40. The van der Waals surface area contributed by atoms with Gasteiger partial charge in [0.05, 0.1) is 11.6 Å². The molecule has 1 aliphatic heterocycles. The van der Waals surface area contributed by atoms with Gasteiger partial charge in [0.1, 0.15) is 0 Å². The van der Waals surface area contributed by atoms with Crippen molar-refractivity contribution in [1.82, 2.24) is 15.2 Å². The molecule has 1 fully saturated rings. The number of hydrogen-bond donors (Lipinski definition) is 1. The van der Waals surface area contributed by atoms with E-state index >= 15 is 0 Å². The summed E-state index contributed by atoms with van der Waals surface area (Å²) in [6.07, 6.45) is 3.68. The third-order valence-electron chi connectivity index (χ3n) is 7.81. The van der Waals surface area contributed by atoms with Crippen LogP contribution in [0.5, 0.6) is 0 Å². The molecular weight excluding hydrogens is 466 g/mol.